The maximum absolute atomic E-state index is 11.9. The molecular formula is C7H9FO. The van der Waals surface area contributed by atoms with Gasteiger partial charge in [0.25, 0.3) is 0 Å². The van der Waals surface area contributed by atoms with Crippen molar-refractivity contribution in [3.05, 3.63) is 24.2 Å². The SMILES string of the molecule is CC(CF)c1ccco1. The van der Waals surface area contributed by atoms with Gasteiger partial charge in [0.1, 0.15) is 5.76 Å². The van der Waals surface area contributed by atoms with E-state index in [0.717, 1.165) is 5.76 Å². The average Bonchev–Trinajstić information content (AvgIpc) is 2.37. The van der Waals surface area contributed by atoms with Gasteiger partial charge in [-0.1, -0.05) is 6.92 Å². The molecule has 0 amide bonds. The van der Waals surface area contributed by atoms with E-state index < -0.39 is 0 Å². The van der Waals surface area contributed by atoms with Crippen molar-refractivity contribution in [1.29, 1.82) is 0 Å². The lowest BCUT2D eigenvalue weighted by Gasteiger charge is -1.98. The molecule has 0 spiro atoms. The summed E-state index contributed by atoms with van der Waals surface area (Å²) in [5, 5.41) is 0. The summed E-state index contributed by atoms with van der Waals surface area (Å²) in [6, 6.07) is 3.55. The fourth-order valence-corrected chi connectivity index (χ4v) is 0.648. The molecule has 1 atom stereocenters. The molecule has 0 aliphatic heterocycles. The zero-order valence-electron chi connectivity index (χ0n) is 5.30. The number of rotatable bonds is 2. The minimum Gasteiger partial charge on any atom is -0.469 e. The number of alkyl halides is 1. The predicted molar refractivity (Wildman–Crippen MR) is 33.1 cm³/mol. The van der Waals surface area contributed by atoms with Gasteiger partial charge < -0.3 is 4.42 Å². The van der Waals surface area contributed by atoms with Crippen molar-refractivity contribution in [2.45, 2.75) is 12.8 Å². The van der Waals surface area contributed by atoms with Crippen LogP contribution < -0.4 is 0 Å². The van der Waals surface area contributed by atoms with E-state index in [4.69, 9.17) is 4.42 Å². The summed E-state index contributed by atoms with van der Waals surface area (Å²) in [5.41, 5.74) is 0. The zero-order chi connectivity index (χ0) is 6.69. The van der Waals surface area contributed by atoms with Gasteiger partial charge in [-0.3, -0.25) is 4.39 Å². The van der Waals surface area contributed by atoms with Crippen LogP contribution in [-0.2, 0) is 0 Å². The average molecular weight is 128 g/mol. The molecule has 1 unspecified atom stereocenters. The lowest BCUT2D eigenvalue weighted by atomic mass is 10.1. The second kappa shape index (κ2) is 2.67. The molecule has 1 aromatic rings. The van der Waals surface area contributed by atoms with Crippen molar-refractivity contribution in [1.82, 2.24) is 0 Å². The highest BCUT2D eigenvalue weighted by Gasteiger charge is 2.05. The monoisotopic (exact) mass is 128 g/mol. The van der Waals surface area contributed by atoms with E-state index >= 15 is 0 Å². The molecule has 0 fully saturated rings. The third-order valence-electron chi connectivity index (χ3n) is 1.26. The molecule has 50 valence electrons. The molecule has 1 heterocycles. The van der Waals surface area contributed by atoms with Crippen molar-refractivity contribution < 1.29 is 8.81 Å². The van der Waals surface area contributed by atoms with Crippen LogP contribution >= 0.6 is 0 Å². The van der Waals surface area contributed by atoms with Crippen LogP contribution in [0.15, 0.2) is 22.8 Å². The van der Waals surface area contributed by atoms with Crippen LogP contribution in [-0.4, -0.2) is 6.67 Å². The van der Waals surface area contributed by atoms with Crippen LogP contribution in [0.2, 0.25) is 0 Å². The van der Waals surface area contributed by atoms with Crippen LogP contribution in [0, 0.1) is 0 Å². The highest BCUT2D eigenvalue weighted by molar-refractivity contribution is 5.03. The van der Waals surface area contributed by atoms with Gasteiger partial charge in [0.15, 0.2) is 0 Å². The molecule has 0 saturated carbocycles. The minimum atomic E-state index is -0.354. The molecule has 1 aromatic heterocycles. The van der Waals surface area contributed by atoms with E-state index in [1.807, 2.05) is 0 Å². The van der Waals surface area contributed by atoms with Crippen molar-refractivity contribution >= 4 is 0 Å². The molecule has 0 saturated heterocycles. The highest BCUT2D eigenvalue weighted by atomic mass is 19.1. The summed E-state index contributed by atoms with van der Waals surface area (Å²) in [6.45, 7) is 1.44. The van der Waals surface area contributed by atoms with Gasteiger partial charge in [-0.15, -0.1) is 0 Å². The van der Waals surface area contributed by atoms with Gasteiger partial charge in [0.05, 0.1) is 12.9 Å². The van der Waals surface area contributed by atoms with E-state index in [2.05, 4.69) is 0 Å². The quantitative estimate of drug-likeness (QED) is 0.595. The zero-order valence-corrected chi connectivity index (χ0v) is 5.30. The topological polar surface area (TPSA) is 13.1 Å². The van der Waals surface area contributed by atoms with Crippen LogP contribution in [0.4, 0.5) is 4.39 Å². The number of halogens is 1. The van der Waals surface area contributed by atoms with Gasteiger partial charge in [0.2, 0.25) is 0 Å². The second-order valence-electron chi connectivity index (χ2n) is 2.07. The Labute approximate surface area is 53.5 Å². The van der Waals surface area contributed by atoms with E-state index in [1.54, 1.807) is 25.3 Å². The normalized spacial score (nSPS) is 13.6. The lowest BCUT2D eigenvalue weighted by Crippen LogP contribution is -1.91. The van der Waals surface area contributed by atoms with Crippen molar-refractivity contribution in [3.63, 3.8) is 0 Å². The molecule has 0 N–H and O–H groups in total. The second-order valence-corrected chi connectivity index (χ2v) is 2.07. The molecule has 0 aromatic carbocycles. The Hall–Kier alpha value is -0.790. The molecule has 1 rings (SSSR count). The summed E-state index contributed by atoms with van der Waals surface area (Å²) in [4.78, 5) is 0. The first kappa shape index (κ1) is 6.33. The molecular weight excluding hydrogens is 119 g/mol. The lowest BCUT2D eigenvalue weighted by molar-refractivity contribution is 0.390. The third kappa shape index (κ3) is 1.31. The smallest absolute Gasteiger partial charge is 0.109 e. The summed E-state index contributed by atoms with van der Waals surface area (Å²) < 4.78 is 16.8. The predicted octanol–water partition coefficient (Wildman–Crippen LogP) is 2.35. The Kier molecular flexibility index (Phi) is 1.88. The first-order chi connectivity index (χ1) is 4.34. The fraction of sp³-hybridized carbons (Fsp3) is 0.429. The molecule has 9 heavy (non-hydrogen) atoms. The van der Waals surface area contributed by atoms with Crippen molar-refractivity contribution in [2.24, 2.45) is 0 Å². The van der Waals surface area contributed by atoms with E-state index in [9.17, 15) is 4.39 Å². The maximum atomic E-state index is 11.9. The Balaban J connectivity index is 2.65. The number of hydrogen-bond donors (Lipinski definition) is 0. The van der Waals surface area contributed by atoms with Crippen molar-refractivity contribution in [2.75, 3.05) is 6.67 Å². The molecule has 2 heteroatoms. The van der Waals surface area contributed by atoms with Gasteiger partial charge in [0, 0.05) is 5.92 Å². The first-order valence-corrected chi connectivity index (χ1v) is 2.94. The van der Waals surface area contributed by atoms with Crippen LogP contribution in [0.25, 0.3) is 0 Å². The Bertz CT molecular complexity index is 157. The van der Waals surface area contributed by atoms with E-state index in [1.165, 1.54) is 0 Å². The van der Waals surface area contributed by atoms with Crippen LogP contribution in [0.5, 0.6) is 0 Å². The molecule has 0 aliphatic rings. The summed E-state index contributed by atoms with van der Waals surface area (Å²) >= 11 is 0. The number of furan rings is 1. The first-order valence-electron chi connectivity index (χ1n) is 2.94. The molecule has 0 radical (unpaired) electrons. The van der Waals surface area contributed by atoms with E-state index in [0.29, 0.717) is 0 Å². The number of hydrogen-bond acceptors (Lipinski definition) is 1. The Morgan fingerprint density at radius 3 is 3.00 bits per heavy atom. The summed E-state index contributed by atoms with van der Waals surface area (Å²) in [7, 11) is 0. The van der Waals surface area contributed by atoms with Gasteiger partial charge in [-0.25, -0.2) is 0 Å². The van der Waals surface area contributed by atoms with Gasteiger partial charge in [-0.2, -0.15) is 0 Å². The summed E-state index contributed by atoms with van der Waals surface area (Å²) in [5.74, 6) is 0.623. The molecule has 1 nitrogen and oxygen atoms in total. The Morgan fingerprint density at radius 2 is 2.56 bits per heavy atom. The Morgan fingerprint density at radius 1 is 1.78 bits per heavy atom. The van der Waals surface area contributed by atoms with Gasteiger partial charge in [-0.05, 0) is 12.1 Å². The largest absolute Gasteiger partial charge is 0.469 e. The fourth-order valence-electron chi connectivity index (χ4n) is 0.648. The summed E-state index contributed by atoms with van der Waals surface area (Å²) in [6.07, 6.45) is 1.56. The van der Waals surface area contributed by atoms with Gasteiger partial charge >= 0.3 is 0 Å². The highest BCUT2D eigenvalue weighted by Crippen LogP contribution is 2.14. The van der Waals surface area contributed by atoms with Crippen LogP contribution in [0.3, 0.4) is 0 Å². The van der Waals surface area contributed by atoms with Crippen LogP contribution in [0.1, 0.15) is 18.6 Å². The third-order valence-corrected chi connectivity index (χ3v) is 1.26. The minimum absolute atomic E-state index is 0.0972. The van der Waals surface area contributed by atoms with Crippen molar-refractivity contribution in [3.8, 4) is 0 Å². The standard InChI is InChI=1S/C7H9FO/c1-6(5-8)7-3-2-4-9-7/h2-4,6H,5H2,1H3. The maximum Gasteiger partial charge on any atom is 0.109 e. The molecule has 0 aliphatic carbocycles. The van der Waals surface area contributed by atoms with E-state index in [-0.39, 0.29) is 12.6 Å². The molecule has 0 bridgehead atoms.